The predicted octanol–water partition coefficient (Wildman–Crippen LogP) is 6.74. The van der Waals surface area contributed by atoms with Gasteiger partial charge in [0, 0.05) is 10.0 Å². The van der Waals surface area contributed by atoms with Crippen molar-refractivity contribution in [2.75, 3.05) is 0 Å². The highest BCUT2D eigenvalue weighted by Crippen LogP contribution is 2.38. The molecule has 0 aliphatic heterocycles. The van der Waals surface area contributed by atoms with Crippen molar-refractivity contribution in [1.82, 2.24) is 0 Å². The number of rotatable bonds is 6. The molecule has 18 heavy (non-hydrogen) atoms. The van der Waals surface area contributed by atoms with Gasteiger partial charge in [0.05, 0.1) is 10.4 Å². The van der Waals surface area contributed by atoms with Gasteiger partial charge in [-0.1, -0.05) is 44.7 Å². The lowest BCUT2D eigenvalue weighted by atomic mass is 9.91. The molecule has 0 aliphatic carbocycles. The van der Waals surface area contributed by atoms with Crippen LogP contribution in [0.3, 0.4) is 0 Å². The van der Waals surface area contributed by atoms with Crippen molar-refractivity contribution >= 4 is 39.1 Å². The number of alkyl halides is 1. The largest absolute Gasteiger partial charge is 0.207 e. The summed E-state index contributed by atoms with van der Waals surface area (Å²) < 4.78 is 14.5. The monoisotopic (exact) mass is 354 g/mol. The van der Waals surface area contributed by atoms with E-state index in [1.54, 1.807) is 6.07 Å². The number of benzene rings is 1. The molecule has 0 aliphatic rings. The summed E-state index contributed by atoms with van der Waals surface area (Å²) in [5.41, 5.74) is 0.507. The fraction of sp³-hybridized carbons (Fsp3) is 0.571. The minimum Gasteiger partial charge on any atom is -0.207 e. The second kappa shape index (κ2) is 7.72. The summed E-state index contributed by atoms with van der Waals surface area (Å²) in [5.74, 6) is -0.000387. The molecule has 0 amide bonds. The third-order valence-corrected chi connectivity index (χ3v) is 4.99. The van der Waals surface area contributed by atoms with Crippen LogP contribution in [-0.2, 0) is 0 Å². The summed E-state index contributed by atoms with van der Waals surface area (Å²) in [6.07, 6.45) is 4.22. The van der Waals surface area contributed by atoms with Gasteiger partial charge in [-0.25, -0.2) is 4.39 Å². The third kappa shape index (κ3) is 4.11. The highest BCUT2D eigenvalue weighted by atomic mass is 79.9. The van der Waals surface area contributed by atoms with Crippen molar-refractivity contribution in [3.63, 3.8) is 0 Å². The summed E-state index contributed by atoms with van der Waals surface area (Å²) in [5, 5.41) is 0.189. The molecule has 0 heterocycles. The summed E-state index contributed by atoms with van der Waals surface area (Å²) >= 11 is 15.6. The Morgan fingerprint density at radius 3 is 2.56 bits per heavy atom. The highest BCUT2D eigenvalue weighted by Gasteiger charge is 2.23. The molecule has 2 atom stereocenters. The number of hydrogen-bond donors (Lipinski definition) is 0. The van der Waals surface area contributed by atoms with E-state index in [9.17, 15) is 4.39 Å². The fourth-order valence-corrected chi connectivity index (χ4v) is 2.99. The van der Waals surface area contributed by atoms with Crippen molar-refractivity contribution < 1.29 is 4.39 Å². The Morgan fingerprint density at radius 2 is 2.00 bits per heavy atom. The molecule has 0 fully saturated rings. The zero-order valence-electron chi connectivity index (χ0n) is 10.6. The maximum atomic E-state index is 13.9. The Morgan fingerprint density at radius 1 is 1.33 bits per heavy atom. The van der Waals surface area contributed by atoms with Gasteiger partial charge in [0.1, 0.15) is 5.82 Å². The number of halogens is 4. The minimum absolute atomic E-state index is 0.290. The molecule has 0 spiro atoms. The van der Waals surface area contributed by atoms with Gasteiger partial charge in [0.2, 0.25) is 0 Å². The van der Waals surface area contributed by atoms with Gasteiger partial charge in [-0.15, -0.1) is 11.6 Å². The molecule has 1 aromatic rings. The van der Waals surface area contributed by atoms with Crippen molar-refractivity contribution in [3.05, 3.63) is 33.0 Å². The molecule has 0 nitrogen and oxygen atoms in total. The van der Waals surface area contributed by atoms with Gasteiger partial charge in [0.25, 0.3) is 0 Å². The SMILES string of the molecule is CCCCC(CC)C(Cl)c1cc(Cl)c(Br)cc1F. The van der Waals surface area contributed by atoms with Crippen LogP contribution in [-0.4, -0.2) is 0 Å². The molecule has 1 rings (SSSR count). The first-order valence-electron chi connectivity index (χ1n) is 6.29. The Kier molecular flexibility index (Phi) is 6.97. The van der Waals surface area contributed by atoms with Gasteiger partial charge in [-0.2, -0.15) is 0 Å². The van der Waals surface area contributed by atoms with Gasteiger partial charge in [-0.3, -0.25) is 0 Å². The van der Waals surface area contributed by atoms with Gasteiger partial charge < -0.3 is 0 Å². The molecule has 1 aromatic carbocycles. The second-order valence-electron chi connectivity index (χ2n) is 4.50. The highest BCUT2D eigenvalue weighted by molar-refractivity contribution is 9.10. The molecule has 0 aromatic heterocycles. The fourth-order valence-electron chi connectivity index (χ4n) is 2.03. The van der Waals surface area contributed by atoms with Crippen molar-refractivity contribution in [2.24, 2.45) is 5.92 Å². The predicted molar refractivity (Wildman–Crippen MR) is 81.0 cm³/mol. The molecule has 102 valence electrons. The van der Waals surface area contributed by atoms with Crippen LogP contribution in [0.1, 0.15) is 50.5 Å². The van der Waals surface area contributed by atoms with E-state index < -0.39 is 0 Å². The molecular weight excluding hydrogens is 338 g/mol. The standard InChI is InChI=1S/C14H18BrCl2F/c1-3-5-6-9(4-2)14(17)10-7-12(16)11(15)8-13(10)18/h7-9,14H,3-6H2,1-2H3. The number of unbranched alkanes of at least 4 members (excludes halogenated alkanes) is 1. The normalized spacial score (nSPS) is 14.6. The summed E-state index contributed by atoms with van der Waals surface area (Å²) in [6.45, 7) is 4.24. The van der Waals surface area contributed by atoms with Crippen LogP contribution in [0.15, 0.2) is 16.6 Å². The van der Waals surface area contributed by atoms with Crippen LogP contribution in [0.25, 0.3) is 0 Å². The Hall–Kier alpha value is 0.210. The van der Waals surface area contributed by atoms with E-state index in [0.717, 1.165) is 25.7 Å². The van der Waals surface area contributed by atoms with Crippen molar-refractivity contribution in [1.29, 1.82) is 0 Å². The second-order valence-corrected chi connectivity index (χ2v) is 6.23. The zero-order chi connectivity index (χ0) is 13.7. The summed E-state index contributed by atoms with van der Waals surface area (Å²) in [4.78, 5) is 0. The van der Waals surface area contributed by atoms with Crippen LogP contribution in [0.4, 0.5) is 4.39 Å². The first-order chi connectivity index (χ1) is 8.51. The van der Waals surface area contributed by atoms with E-state index in [2.05, 4.69) is 29.8 Å². The lowest BCUT2D eigenvalue weighted by molar-refractivity contribution is 0.428. The molecule has 2 unspecified atom stereocenters. The summed E-state index contributed by atoms with van der Waals surface area (Å²) in [6, 6.07) is 3.02. The van der Waals surface area contributed by atoms with Crippen LogP contribution in [0.5, 0.6) is 0 Å². The zero-order valence-corrected chi connectivity index (χ0v) is 13.7. The molecule has 0 saturated heterocycles. The average Bonchev–Trinajstić information content (AvgIpc) is 2.34. The Labute approximate surface area is 127 Å². The first kappa shape index (κ1) is 16.3. The maximum Gasteiger partial charge on any atom is 0.129 e. The van der Waals surface area contributed by atoms with E-state index in [4.69, 9.17) is 23.2 Å². The van der Waals surface area contributed by atoms with Crippen molar-refractivity contribution in [3.8, 4) is 0 Å². The van der Waals surface area contributed by atoms with E-state index in [1.165, 1.54) is 6.07 Å². The van der Waals surface area contributed by atoms with Crippen LogP contribution in [0, 0.1) is 11.7 Å². The minimum atomic E-state index is -0.313. The van der Waals surface area contributed by atoms with E-state index in [0.29, 0.717) is 21.0 Å². The first-order valence-corrected chi connectivity index (χ1v) is 7.90. The Balaban J connectivity index is 2.94. The molecule has 0 N–H and O–H groups in total. The lowest BCUT2D eigenvalue weighted by Crippen LogP contribution is -2.09. The molecular formula is C14H18BrCl2F. The smallest absolute Gasteiger partial charge is 0.129 e. The summed E-state index contributed by atoms with van der Waals surface area (Å²) in [7, 11) is 0. The van der Waals surface area contributed by atoms with Gasteiger partial charge >= 0.3 is 0 Å². The van der Waals surface area contributed by atoms with Crippen LogP contribution in [0.2, 0.25) is 5.02 Å². The van der Waals surface area contributed by atoms with Crippen molar-refractivity contribution in [2.45, 2.75) is 44.9 Å². The van der Waals surface area contributed by atoms with E-state index in [-0.39, 0.29) is 11.2 Å². The number of hydrogen-bond acceptors (Lipinski definition) is 0. The van der Waals surface area contributed by atoms with Crippen LogP contribution < -0.4 is 0 Å². The molecule has 4 heteroatoms. The maximum absolute atomic E-state index is 13.9. The van der Waals surface area contributed by atoms with Crippen LogP contribution >= 0.6 is 39.1 Å². The lowest BCUT2D eigenvalue weighted by Gasteiger charge is -2.22. The third-order valence-electron chi connectivity index (χ3n) is 3.20. The van der Waals surface area contributed by atoms with Gasteiger partial charge in [0.15, 0.2) is 0 Å². The van der Waals surface area contributed by atoms with Gasteiger partial charge in [-0.05, 0) is 40.4 Å². The average molecular weight is 356 g/mol. The molecule has 0 radical (unpaired) electrons. The molecule has 0 saturated carbocycles. The Bertz CT molecular complexity index is 396. The molecule has 0 bridgehead atoms. The van der Waals surface area contributed by atoms with E-state index >= 15 is 0 Å². The van der Waals surface area contributed by atoms with E-state index in [1.807, 2.05) is 0 Å². The quantitative estimate of drug-likeness (QED) is 0.391. The topological polar surface area (TPSA) is 0 Å².